The second-order valence-corrected chi connectivity index (χ2v) is 5.11. The Hall–Kier alpha value is -2.43. The number of aromatic nitrogens is 3. The van der Waals surface area contributed by atoms with Crippen molar-refractivity contribution in [3.05, 3.63) is 42.5 Å². The molecular weight excluding hydrogens is 255 g/mol. The number of fused-ring (bicyclic) bond motifs is 1. The maximum Gasteiger partial charge on any atom is 0.151 e. The minimum Gasteiger partial charge on any atom is -0.397 e. The number of nitrogen functional groups attached to an aromatic ring is 1. The SMILES string of the molecule is Nc1cnccc1-c1nc2c(F)cccc2n1C1CC1. The third-order valence-electron chi connectivity index (χ3n) is 3.68. The van der Waals surface area contributed by atoms with E-state index >= 15 is 0 Å². The molecule has 0 aliphatic heterocycles. The number of anilines is 1. The molecule has 1 aliphatic carbocycles. The van der Waals surface area contributed by atoms with E-state index in [4.69, 9.17) is 5.73 Å². The molecule has 2 N–H and O–H groups in total. The summed E-state index contributed by atoms with van der Waals surface area (Å²) in [6.07, 6.45) is 5.47. The summed E-state index contributed by atoms with van der Waals surface area (Å²) in [5.74, 6) is 0.434. The molecule has 0 atom stereocenters. The Morgan fingerprint density at radius 3 is 2.85 bits per heavy atom. The van der Waals surface area contributed by atoms with Gasteiger partial charge in [-0.05, 0) is 31.0 Å². The lowest BCUT2D eigenvalue weighted by Crippen LogP contribution is -2.00. The molecule has 0 amide bonds. The highest BCUT2D eigenvalue weighted by Gasteiger charge is 2.29. The van der Waals surface area contributed by atoms with Gasteiger partial charge in [0.25, 0.3) is 0 Å². The minimum absolute atomic E-state index is 0.296. The number of pyridine rings is 1. The van der Waals surface area contributed by atoms with Crippen LogP contribution in [0.3, 0.4) is 0 Å². The molecule has 20 heavy (non-hydrogen) atoms. The van der Waals surface area contributed by atoms with Gasteiger partial charge in [0.1, 0.15) is 11.3 Å². The molecule has 1 aromatic carbocycles. The van der Waals surface area contributed by atoms with Crippen molar-refractivity contribution in [2.75, 3.05) is 5.73 Å². The summed E-state index contributed by atoms with van der Waals surface area (Å²) in [5.41, 5.74) is 8.60. The monoisotopic (exact) mass is 268 g/mol. The summed E-state index contributed by atoms with van der Waals surface area (Å²) < 4.78 is 16.1. The minimum atomic E-state index is -0.296. The maximum atomic E-state index is 14.0. The molecule has 100 valence electrons. The number of hydrogen-bond acceptors (Lipinski definition) is 3. The summed E-state index contributed by atoms with van der Waals surface area (Å²) in [5, 5.41) is 0. The molecule has 5 heteroatoms. The lowest BCUT2D eigenvalue weighted by Gasteiger charge is -2.09. The van der Waals surface area contributed by atoms with Crippen molar-refractivity contribution in [2.24, 2.45) is 0 Å². The van der Waals surface area contributed by atoms with Gasteiger partial charge < -0.3 is 10.3 Å². The summed E-state index contributed by atoms with van der Waals surface area (Å²) in [7, 11) is 0. The van der Waals surface area contributed by atoms with Crippen molar-refractivity contribution in [2.45, 2.75) is 18.9 Å². The van der Waals surface area contributed by atoms with Crippen LogP contribution < -0.4 is 5.73 Å². The van der Waals surface area contributed by atoms with E-state index in [0.29, 0.717) is 17.2 Å². The molecule has 1 aliphatic rings. The van der Waals surface area contributed by atoms with Crippen LogP contribution in [0.5, 0.6) is 0 Å². The van der Waals surface area contributed by atoms with Gasteiger partial charge in [0.05, 0.1) is 17.4 Å². The van der Waals surface area contributed by atoms with Crippen molar-refractivity contribution in [1.82, 2.24) is 14.5 Å². The number of para-hydroxylation sites is 1. The summed E-state index contributed by atoms with van der Waals surface area (Å²) in [4.78, 5) is 8.48. The van der Waals surface area contributed by atoms with Gasteiger partial charge in [0, 0.05) is 17.8 Å². The third kappa shape index (κ3) is 1.59. The first kappa shape index (κ1) is 11.4. The van der Waals surface area contributed by atoms with Crippen LogP contribution >= 0.6 is 0 Å². The van der Waals surface area contributed by atoms with E-state index < -0.39 is 0 Å². The molecule has 0 radical (unpaired) electrons. The van der Waals surface area contributed by atoms with E-state index in [9.17, 15) is 4.39 Å². The van der Waals surface area contributed by atoms with Crippen molar-refractivity contribution >= 4 is 16.7 Å². The van der Waals surface area contributed by atoms with Gasteiger partial charge in [-0.15, -0.1) is 0 Å². The average molecular weight is 268 g/mol. The number of imidazole rings is 1. The largest absolute Gasteiger partial charge is 0.397 e. The number of nitrogens with zero attached hydrogens (tertiary/aromatic N) is 3. The fourth-order valence-electron chi connectivity index (χ4n) is 2.59. The number of halogens is 1. The zero-order valence-electron chi connectivity index (χ0n) is 10.8. The first-order valence-electron chi connectivity index (χ1n) is 6.62. The maximum absolute atomic E-state index is 14.0. The van der Waals surface area contributed by atoms with Gasteiger partial charge >= 0.3 is 0 Å². The van der Waals surface area contributed by atoms with Gasteiger partial charge in [-0.1, -0.05) is 6.07 Å². The molecule has 0 bridgehead atoms. The quantitative estimate of drug-likeness (QED) is 0.776. The Kier molecular flexibility index (Phi) is 2.30. The van der Waals surface area contributed by atoms with E-state index in [-0.39, 0.29) is 5.82 Å². The van der Waals surface area contributed by atoms with Crippen LogP contribution in [0.25, 0.3) is 22.4 Å². The number of nitrogens with two attached hydrogens (primary N) is 1. The molecule has 2 heterocycles. The van der Waals surface area contributed by atoms with E-state index in [1.165, 1.54) is 6.07 Å². The van der Waals surface area contributed by atoms with Crippen LogP contribution in [0, 0.1) is 5.82 Å². The fourth-order valence-corrected chi connectivity index (χ4v) is 2.59. The summed E-state index contributed by atoms with van der Waals surface area (Å²) >= 11 is 0. The fraction of sp³-hybridized carbons (Fsp3) is 0.200. The molecule has 3 aromatic rings. The molecule has 4 rings (SSSR count). The predicted molar refractivity (Wildman–Crippen MR) is 75.6 cm³/mol. The molecule has 0 saturated heterocycles. The highest BCUT2D eigenvalue weighted by Crippen LogP contribution is 2.42. The van der Waals surface area contributed by atoms with Gasteiger partial charge in [-0.2, -0.15) is 0 Å². The smallest absolute Gasteiger partial charge is 0.151 e. The lowest BCUT2D eigenvalue weighted by atomic mass is 10.2. The van der Waals surface area contributed by atoms with Gasteiger partial charge in [0.15, 0.2) is 5.82 Å². The molecule has 2 aromatic heterocycles. The summed E-state index contributed by atoms with van der Waals surface area (Å²) in [6, 6.07) is 7.28. The number of rotatable bonds is 2. The van der Waals surface area contributed by atoms with Gasteiger partial charge in [-0.25, -0.2) is 9.37 Å². The highest BCUT2D eigenvalue weighted by atomic mass is 19.1. The van der Waals surface area contributed by atoms with E-state index in [1.54, 1.807) is 18.5 Å². The van der Waals surface area contributed by atoms with E-state index in [1.807, 2.05) is 12.1 Å². The van der Waals surface area contributed by atoms with Crippen LogP contribution in [0.2, 0.25) is 0 Å². The zero-order valence-corrected chi connectivity index (χ0v) is 10.8. The zero-order chi connectivity index (χ0) is 13.7. The Bertz CT molecular complexity index is 805. The number of benzene rings is 1. The second-order valence-electron chi connectivity index (χ2n) is 5.11. The van der Waals surface area contributed by atoms with Crippen LogP contribution in [0.15, 0.2) is 36.7 Å². The standard InChI is InChI=1S/C15H13FN4/c16-11-2-1-3-13-14(11)19-15(20(13)9-4-5-9)10-6-7-18-8-12(10)17/h1-3,6-9H,4-5,17H2. The lowest BCUT2D eigenvalue weighted by molar-refractivity contribution is 0.637. The van der Waals surface area contributed by atoms with Crippen molar-refractivity contribution in [3.8, 4) is 11.4 Å². The average Bonchev–Trinajstić information content (AvgIpc) is 3.20. The van der Waals surface area contributed by atoms with Crippen molar-refractivity contribution in [1.29, 1.82) is 0 Å². The first-order valence-corrected chi connectivity index (χ1v) is 6.62. The Morgan fingerprint density at radius 2 is 2.10 bits per heavy atom. The summed E-state index contributed by atoms with van der Waals surface area (Å²) in [6.45, 7) is 0. The van der Waals surface area contributed by atoms with Crippen LogP contribution in [0.4, 0.5) is 10.1 Å². The Balaban J connectivity index is 2.06. The molecule has 1 saturated carbocycles. The van der Waals surface area contributed by atoms with E-state index in [0.717, 1.165) is 29.7 Å². The van der Waals surface area contributed by atoms with Gasteiger partial charge in [0.2, 0.25) is 0 Å². The number of hydrogen-bond donors (Lipinski definition) is 1. The van der Waals surface area contributed by atoms with Crippen molar-refractivity contribution < 1.29 is 4.39 Å². The van der Waals surface area contributed by atoms with Crippen molar-refractivity contribution in [3.63, 3.8) is 0 Å². The molecule has 0 unspecified atom stereocenters. The van der Waals surface area contributed by atoms with E-state index in [2.05, 4.69) is 14.5 Å². The Morgan fingerprint density at radius 1 is 1.25 bits per heavy atom. The van der Waals surface area contributed by atoms with Crippen LogP contribution in [-0.4, -0.2) is 14.5 Å². The van der Waals surface area contributed by atoms with Gasteiger partial charge in [-0.3, -0.25) is 4.98 Å². The highest BCUT2D eigenvalue weighted by molar-refractivity contribution is 5.84. The molecule has 4 nitrogen and oxygen atoms in total. The molecule has 1 fully saturated rings. The first-order chi connectivity index (χ1) is 9.75. The Labute approximate surface area is 115 Å². The predicted octanol–water partition coefficient (Wildman–Crippen LogP) is 3.15. The van der Waals surface area contributed by atoms with Crippen LogP contribution in [0.1, 0.15) is 18.9 Å². The topological polar surface area (TPSA) is 56.7 Å². The van der Waals surface area contributed by atoms with Crippen LogP contribution in [-0.2, 0) is 0 Å². The molecular formula is C15H13FN4. The third-order valence-corrected chi connectivity index (χ3v) is 3.68. The normalized spacial score (nSPS) is 14.8. The second kappa shape index (κ2) is 4.03. The molecule has 0 spiro atoms.